The number of hydrogen-bond acceptors (Lipinski definition) is 8. The van der Waals surface area contributed by atoms with Crippen LogP contribution in [-0.2, 0) is 4.74 Å². The number of carbonyl (C=O) groups is 1. The summed E-state index contributed by atoms with van der Waals surface area (Å²) in [5.41, 5.74) is 9.01. The number of fused-ring (bicyclic) bond motifs is 1. The van der Waals surface area contributed by atoms with Crippen LogP contribution in [0.15, 0.2) is 48.7 Å². The Balaban J connectivity index is 1.65. The summed E-state index contributed by atoms with van der Waals surface area (Å²) in [6, 6.07) is 13.3. The van der Waals surface area contributed by atoms with Crippen molar-refractivity contribution in [1.29, 1.82) is 0 Å². The van der Waals surface area contributed by atoms with E-state index in [1.165, 1.54) is 0 Å². The van der Waals surface area contributed by atoms with Gasteiger partial charge in [0.15, 0.2) is 11.6 Å². The first-order valence-electron chi connectivity index (χ1n) is 10.3. The highest BCUT2D eigenvalue weighted by molar-refractivity contribution is 7.22. The molecule has 162 valence electrons. The van der Waals surface area contributed by atoms with Gasteiger partial charge >= 0.3 is 0 Å². The first-order chi connectivity index (χ1) is 15.6. The second-order valence-electron chi connectivity index (χ2n) is 7.43. The van der Waals surface area contributed by atoms with Gasteiger partial charge in [-0.15, -0.1) is 11.3 Å². The van der Waals surface area contributed by atoms with Crippen molar-refractivity contribution in [3.63, 3.8) is 0 Å². The maximum absolute atomic E-state index is 12.1. The van der Waals surface area contributed by atoms with Gasteiger partial charge in [0.2, 0.25) is 0 Å². The van der Waals surface area contributed by atoms with Crippen LogP contribution in [-0.4, -0.2) is 54.2 Å². The summed E-state index contributed by atoms with van der Waals surface area (Å²) in [5, 5.41) is 2.68. The number of nitrogen functional groups attached to an aromatic ring is 1. The number of ether oxygens (including phenoxy) is 1. The average Bonchev–Trinajstić information content (AvgIpc) is 3.28. The first kappa shape index (κ1) is 20.3. The number of anilines is 2. The fourth-order valence-electron chi connectivity index (χ4n) is 3.67. The molecule has 1 aliphatic rings. The Labute approximate surface area is 189 Å². The van der Waals surface area contributed by atoms with E-state index in [2.05, 4.69) is 21.3 Å². The van der Waals surface area contributed by atoms with E-state index in [-0.39, 0.29) is 5.91 Å². The molecule has 4 heterocycles. The van der Waals surface area contributed by atoms with Crippen LogP contribution in [0.4, 0.5) is 11.6 Å². The molecule has 8 nitrogen and oxygen atoms in total. The van der Waals surface area contributed by atoms with E-state index in [1.807, 2.05) is 24.3 Å². The predicted octanol–water partition coefficient (Wildman–Crippen LogP) is 3.20. The van der Waals surface area contributed by atoms with Crippen molar-refractivity contribution < 1.29 is 9.53 Å². The largest absolute Gasteiger partial charge is 0.384 e. The van der Waals surface area contributed by atoms with Gasteiger partial charge in [-0.1, -0.05) is 12.1 Å². The molecule has 1 aromatic carbocycles. The highest BCUT2D eigenvalue weighted by atomic mass is 32.1. The van der Waals surface area contributed by atoms with Crippen LogP contribution in [0.1, 0.15) is 10.4 Å². The molecule has 1 saturated heterocycles. The van der Waals surface area contributed by atoms with Gasteiger partial charge in [-0.2, -0.15) is 0 Å². The molecule has 1 aliphatic heterocycles. The van der Waals surface area contributed by atoms with Crippen LogP contribution in [0.2, 0.25) is 0 Å². The van der Waals surface area contributed by atoms with Crippen LogP contribution in [0, 0.1) is 0 Å². The zero-order valence-electron chi connectivity index (χ0n) is 17.5. The Hall–Kier alpha value is -3.56. The lowest BCUT2D eigenvalue weighted by molar-refractivity contribution is 0.0963. The van der Waals surface area contributed by atoms with E-state index in [1.54, 1.807) is 36.7 Å². The zero-order chi connectivity index (χ0) is 22.1. The second-order valence-corrected chi connectivity index (χ2v) is 8.48. The average molecular weight is 447 g/mol. The third-order valence-electron chi connectivity index (χ3n) is 5.35. The van der Waals surface area contributed by atoms with Gasteiger partial charge in [-0.25, -0.2) is 15.0 Å². The summed E-state index contributed by atoms with van der Waals surface area (Å²) >= 11 is 1.63. The minimum Gasteiger partial charge on any atom is -0.384 e. The number of hydrogen-bond donors (Lipinski definition) is 2. The van der Waals surface area contributed by atoms with Crippen molar-refractivity contribution in [3.05, 3.63) is 54.2 Å². The summed E-state index contributed by atoms with van der Waals surface area (Å²) in [6.07, 6.45) is 1.69. The van der Waals surface area contributed by atoms with Crippen molar-refractivity contribution in [2.45, 2.75) is 0 Å². The van der Waals surface area contributed by atoms with E-state index in [4.69, 9.17) is 20.4 Å². The summed E-state index contributed by atoms with van der Waals surface area (Å²) in [6.45, 7) is 2.86. The summed E-state index contributed by atoms with van der Waals surface area (Å²) in [5.74, 6) is 1.84. The molecule has 0 bridgehead atoms. The molecule has 0 aliphatic carbocycles. The maximum atomic E-state index is 12.1. The maximum Gasteiger partial charge on any atom is 0.251 e. The molecule has 0 radical (unpaired) electrons. The van der Waals surface area contributed by atoms with E-state index in [0.29, 0.717) is 30.4 Å². The Kier molecular flexibility index (Phi) is 5.42. The molecule has 3 aromatic heterocycles. The highest BCUT2D eigenvalue weighted by Crippen LogP contribution is 2.39. The van der Waals surface area contributed by atoms with Crippen LogP contribution in [0.25, 0.3) is 32.0 Å². The SMILES string of the molecule is CNC(=O)c1cccc(-c2cc3nc(-c4ccc(N)nc4)nc(N4CCOCC4)c3s2)c1. The smallest absolute Gasteiger partial charge is 0.251 e. The molecule has 0 unspecified atom stereocenters. The van der Waals surface area contributed by atoms with Crippen molar-refractivity contribution >= 4 is 39.1 Å². The minimum absolute atomic E-state index is 0.111. The number of nitrogens with zero attached hydrogens (tertiary/aromatic N) is 4. The number of carbonyl (C=O) groups excluding carboxylic acids is 1. The van der Waals surface area contributed by atoms with E-state index in [0.717, 1.165) is 45.1 Å². The number of morpholine rings is 1. The Morgan fingerprint density at radius 1 is 1.12 bits per heavy atom. The molecule has 1 fully saturated rings. The Morgan fingerprint density at radius 3 is 2.72 bits per heavy atom. The van der Waals surface area contributed by atoms with Gasteiger partial charge in [0.1, 0.15) is 5.82 Å². The quantitative estimate of drug-likeness (QED) is 0.496. The molecule has 3 N–H and O–H groups in total. The fraction of sp³-hybridized carbons (Fsp3) is 0.217. The lowest BCUT2D eigenvalue weighted by Crippen LogP contribution is -2.36. The van der Waals surface area contributed by atoms with Crippen LogP contribution < -0.4 is 16.0 Å². The molecule has 0 spiro atoms. The number of amides is 1. The van der Waals surface area contributed by atoms with Crippen molar-refractivity contribution in [2.75, 3.05) is 44.0 Å². The highest BCUT2D eigenvalue weighted by Gasteiger charge is 2.21. The van der Waals surface area contributed by atoms with Gasteiger partial charge in [-0.05, 0) is 35.9 Å². The lowest BCUT2D eigenvalue weighted by Gasteiger charge is -2.28. The van der Waals surface area contributed by atoms with E-state index in [9.17, 15) is 4.79 Å². The van der Waals surface area contributed by atoms with Gasteiger partial charge in [0.05, 0.1) is 23.4 Å². The second kappa shape index (κ2) is 8.52. The normalized spacial score (nSPS) is 14.0. The molecule has 1 amide bonds. The summed E-state index contributed by atoms with van der Waals surface area (Å²) < 4.78 is 6.55. The van der Waals surface area contributed by atoms with Crippen molar-refractivity contribution in [2.24, 2.45) is 0 Å². The summed E-state index contributed by atoms with van der Waals surface area (Å²) in [4.78, 5) is 29.3. The first-order valence-corrected chi connectivity index (χ1v) is 11.1. The topological polar surface area (TPSA) is 106 Å². The van der Waals surface area contributed by atoms with Crippen LogP contribution in [0.3, 0.4) is 0 Å². The summed E-state index contributed by atoms with van der Waals surface area (Å²) in [7, 11) is 1.63. The molecule has 0 saturated carbocycles. The van der Waals surface area contributed by atoms with Crippen LogP contribution in [0.5, 0.6) is 0 Å². The van der Waals surface area contributed by atoms with Crippen LogP contribution >= 0.6 is 11.3 Å². The standard InChI is InChI=1S/C23H22N6O2S/c1-25-23(30)15-4-2-3-14(11-15)18-12-17-20(32-18)22(29-7-9-31-10-8-29)28-21(27-17)16-5-6-19(24)26-13-16/h2-6,11-13H,7-10H2,1H3,(H2,24,26)(H,25,30). The zero-order valence-corrected chi connectivity index (χ0v) is 18.4. The third kappa shape index (κ3) is 3.88. The minimum atomic E-state index is -0.111. The molecular formula is C23H22N6O2S. The molecule has 5 rings (SSSR count). The molecule has 32 heavy (non-hydrogen) atoms. The number of benzene rings is 1. The third-order valence-corrected chi connectivity index (χ3v) is 6.51. The Morgan fingerprint density at radius 2 is 1.97 bits per heavy atom. The number of pyridine rings is 1. The fourth-order valence-corrected chi connectivity index (χ4v) is 4.78. The predicted molar refractivity (Wildman–Crippen MR) is 127 cm³/mol. The molecular weight excluding hydrogens is 424 g/mol. The van der Waals surface area contributed by atoms with Gasteiger partial charge in [-0.3, -0.25) is 4.79 Å². The van der Waals surface area contributed by atoms with Gasteiger partial charge < -0.3 is 20.7 Å². The van der Waals surface area contributed by atoms with E-state index < -0.39 is 0 Å². The number of thiophene rings is 1. The molecule has 4 aromatic rings. The monoisotopic (exact) mass is 446 g/mol. The van der Waals surface area contributed by atoms with E-state index >= 15 is 0 Å². The van der Waals surface area contributed by atoms with Crippen molar-refractivity contribution in [1.82, 2.24) is 20.3 Å². The number of nitrogens with two attached hydrogens (primary N) is 1. The molecule has 9 heteroatoms. The van der Waals surface area contributed by atoms with Crippen molar-refractivity contribution in [3.8, 4) is 21.8 Å². The number of nitrogens with one attached hydrogen (secondary N) is 1. The lowest BCUT2D eigenvalue weighted by atomic mass is 10.1. The Bertz CT molecular complexity index is 1280. The van der Waals surface area contributed by atoms with Gasteiger partial charge in [0, 0.05) is 42.3 Å². The number of aromatic nitrogens is 3. The molecule has 0 atom stereocenters. The number of rotatable bonds is 4. The van der Waals surface area contributed by atoms with Gasteiger partial charge in [0.25, 0.3) is 5.91 Å².